The largest absolute Gasteiger partial charge is 0.359 e. The molecule has 1 unspecified atom stereocenters. The molecular formula is C13H19ClN2S. The normalized spacial score (nSPS) is 13.0. The van der Waals surface area contributed by atoms with Crippen LogP contribution in [0, 0.1) is 5.41 Å². The predicted octanol–water partition coefficient (Wildman–Crippen LogP) is 4.06. The van der Waals surface area contributed by atoms with E-state index in [-0.39, 0.29) is 5.41 Å². The van der Waals surface area contributed by atoms with Gasteiger partial charge < -0.3 is 10.6 Å². The lowest BCUT2D eigenvalue weighted by molar-refractivity contribution is 0.317. The summed E-state index contributed by atoms with van der Waals surface area (Å²) in [7, 11) is 0. The monoisotopic (exact) mass is 270 g/mol. The smallest absolute Gasteiger partial charge is 0.171 e. The summed E-state index contributed by atoms with van der Waals surface area (Å²) in [5.74, 6) is 0. The highest BCUT2D eigenvalue weighted by Gasteiger charge is 2.20. The van der Waals surface area contributed by atoms with Gasteiger partial charge in [-0.1, -0.05) is 32.4 Å². The number of thiocarbonyl (C=S) groups is 1. The van der Waals surface area contributed by atoms with Crippen molar-refractivity contribution in [2.75, 3.05) is 5.32 Å². The molecule has 0 aromatic heterocycles. The van der Waals surface area contributed by atoms with Crippen molar-refractivity contribution < 1.29 is 0 Å². The molecule has 0 fully saturated rings. The Morgan fingerprint density at radius 1 is 1.24 bits per heavy atom. The van der Waals surface area contributed by atoms with E-state index >= 15 is 0 Å². The third kappa shape index (κ3) is 4.92. The first-order valence-electron chi connectivity index (χ1n) is 5.62. The standard InChI is InChI=1S/C13H19ClN2S/c1-9(13(2,3)4)15-12(17)16-11-7-5-10(14)6-8-11/h5-9H,1-4H3,(H2,15,16,17). The molecule has 1 aromatic rings. The van der Waals surface area contributed by atoms with Crippen molar-refractivity contribution >= 4 is 34.6 Å². The number of anilines is 1. The van der Waals surface area contributed by atoms with Crippen LogP contribution in [0.5, 0.6) is 0 Å². The minimum atomic E-state index is 0.172. The van der Waals surface area contributed by atoms with E-state index in [0.717, 1.165) is 10.7 Å². The molecule has 0 aliphatic carbocycles. The minimum absolute atomic E-state index is 0.172. The molecule has 4 heteroatoms. The Morgan fingerprint density at radius 2 is 1.76 bits per heavy atom. The molecule has 0 spiro atoms. The van der Waals surface area contributed by atoms with Crippen molar-refractivity contribution in [2.24, 2.45) is 5.41 Å². The molecule has 1 atom stereocenters. The van der Waals surface area contributed by atoms with Crippen LogP contribution in [0.25, 0.3) is 0 Å². The van der Waals surface area contributed by atoms with Gasteiger partial charge in [0, 0.05) is 16.8 Å². The molecule has 0 heterocycles. The molecule has 2 N–H and O–H groups in total. The summed E-state index contributed by atoms with van der Waals surface area (Å²) in [4.78, 5) is 0. The van der Waals surface area contributed by atoms with E-state index in [0.29, 0.717) is 11.2 Å². The molecule has 0 bridgehead atoms. The molecule has 0 saturated heterocycles. The first-order valence-corrected chi connectivity index (χ1v) is 6.41. The Morgan fingerprint density at radius 3 is 2.24 bits per heavy atom. The average molecular weight is 271 g/mol. The fraction of sp³-hybridized carbons (Fsp3) is 0.462. The Kier molecular flexibility index (Phi) is 4.78. The van der Waals surface area contributed by atoms with Crippen LogP contribution in [-0.4, -0.2) is 11.2 Å². The first-order chi connectivity index (χ1) is 7.79. The Bertz CT molecular complexity index is 381. The van der Waals surface area contributed by atoms with Gasteiger partial charge >= 0.3 is 0 Å². The molecule has 0 saturated carbocycles. The van der Waals surface area contributed by atoms with Gasteiger partial charge in [-0.3, -0.25) is 0 Å². The van der Waals surface area contributed by atoms with Gasteiger partial charge in [0.15, 0.2) is 5.11 Å². The van der Waals surface area contributed by atoms with E-state index in [9.17, 15) is 0 Å². The Labute approximate surface area is 114 Å². The SMILES string of the molecule is CC(NC(=S)Nc1ccc(Cl)cc1)C(C)(C)C. The average Bonchev–Trinajstić information content (AvgIpc) is 2.20. The number of hydrogen-bond acceptors (Lipinski definition) is 1. The summed E-state index contributed by atoms with van der Waals surface area (Å²) in [6, 6.07) is 7.77. The van der Waals surface area contributed by atoms with Crippen LogP contribution in [0.3, 0.4) is 0 Å². The van der Waals surface area contributed by atoms with Gasteiger partial charge in [-0.25, -0.2) is 0 Å². The molecule has 0 aliphatic rings. The first kappa shape index (κ1) is 14.3. The van der Waals surface area contributed by atoms with Crippen molar-refractivity contribution in [1.29, 1.82) is 0 Å². The summed E-state index contributed by atoms with van der Waals surface area (Å²) in [5, 5.41) is 7.76. The molecule has 17 heavy (non-hydrogen) atoms. The summed E-state index contributed by atoms with van der Waals surface area (Å²) in [6.07, 6.45) is 0. The van der Waals surface area contributed by atoms with Crippen molar-refractivity contribution in [3.63, 3.8) is 0 Å². The van der Waals surface area contributed by atoms with Gasteiger partial charge in [0.05, 0.1) is 0 Å². The van der Waals surface area contributed by atoms with Crippen LogP contribution < -0.4 is 10.6 Å². The summed E-state index contributed by atoms with van der Waals surface area (Å²) < 4.78 is 0. The maximum atomic E-state index is 5.82. The summed E-state index contributed by atoms with van der Waals surface area (Å²) >= 11 is 11.1. The highest BCUT2D eigenvalue weighted by atomic mass is 35.5. The summed E-state index contributed by atoms with van der Waals surface area (Å²) in [5.41, 5.74) is 1.11. The maximum Gasteiger partial charge on any atom is 0.171 e. The van der Waals surface area contributed by atoms with E-state index in [1.54, 1.807) is 0 Å². The lowest BCUT2D eigenvalue weighted by Gasteiger charge is -2.29. The number of benzene rings is 1. The quantitative estimate of drug-likeness (QED) is 0.793. The van der Waals surface area contributed by atoms with E-state index in [4.69, 9.17) is 23.8 Å². The van der Waals surface area contributed by atoms with Crippen molar-refractivity contribution in [3.05, 3.63) is 29.3 Å². The molecule has 1 aromatic carbocycles. The lowest BCUT2D eigenvalue weighted by atomic mass is 9.88. The van der Waals surface area contributed by atoms with E-state index < -0.39 is 0 Å². The van der Waals surface area contributed by atoms with Crippen LogP contribution in [0.2, 0.25) is 5.02 Å². The van der Waals surface area contributed by atoms with Crippen LogP contribution in [0.4, 0.5) is 5.69 Å². The molecule has 0 aliphatic heterocycles. The number of rotatable bonds is 2. The highest BCUT2D eigenvalue weighted by molar-refractivity contribution is 7.80. The van der Waals surface area contributed by atoms with Gasteiger partial charge in [-0.2, -0.15) is 0 Å². The van der Waals surface area contributed by atoms with Gasteiger partial charge in [-0.05, 0) is 48.8 Å². The fourth-order valence-electron chi connectivity index (χ4n) is 1.11. The zero-order valence-electron chi connectivity index (χ0n) is 10.7. The van der Waals surface area contributed by atoms with Crippen molar-refractivity contribution in [3.8, 4) is 0 Å². The van der Waals surface area contributed by atoms with Crippen LogP contribution in [0.1, 0.15) is 27.7 Å². The summed E-state index contributed by atoms with van der Waals surface area (Å²) in [6.45, 7) is 8.65. The number of nitrogens with one attached hydrogen (secondary N) is 2. The molecular weight excluding hydrogens is 252 g/mol. The second-order valence-electron chi connectivity index (χ2n) is 5.19. The molecule has 0 amide bonds. The zero-order valence-corrected chi connectivity index (χ0v) is 12.2. The fourth-order valence-corrected chi connectivity index (χ4v) is 1.53. The van der Waals surface area contributed by atoms with E-state index in [1.807, 2.05) is 24.3 Å². The second-order valence-corrected chi connectivity index (χ2v) is 6.04. The lowest BCUT2D eigenvalue weighted by Crippen LogP contribution is -2.43. The van der Waals surface area contributed by atoms with Gasteiger partial charge in [-0.15, -0.1) is 0 Å². The van der Waals surface area contributed by atoms with E-state index in [2.05, 4.69) is 38.3 Å². The number of hydrogen-bond donors (Lipinski definition) is 2. The molecule has 0 radical (unpaired) electrons. The molecule has 94 valence electrons. The molecule has 2 nitrogen and oxygen atoms in total. The second kappa shape index (κ2) is 5.69. The topological polar surface area (TPSA) is 24.1 Å². The third-order valence-electron chi connectivity index (χ3n) is 2.75. The van der Waals surface area contributed by atoms with Crippen LogP contribution in [-0.2, 0) is 0 Å². The third-order valence-corrected chi connectivity index (χ3v) is 3.22. The van der Waals surface area contributed by atoms with Gasteiger partial charge in [0.1, 0.15) is 0 Å². The van der Waals surface area contributed by atoms with E-state index in [1.165, 1.54) is 0 Å². The van der Waals surface area contributed by atoms with Crippen LogP contribution >= 0.6 is 23.8 Å². The Hall–Kier alpha value is -0.800. The number of halogens is 1. The zero-order chi connectivity index (χ0) is 13.1. The Balaban J connectivity index is 2.53. The van der Waals surface area contributed by atoms with Crippen molar-refractivity contribution in [2.45, 2.75) is 33.7 Å². The highest BCUT2D eigenvalue weighted by Crippen LogP contribution is 2.19. The van der Waals surface area contributed by atoms with Crippen LogP contribution in [0.15, 0.2) is 24.3 Å². The van der Waals surface area contributed by atoms with Crippen molar-refractivity contribution in [1.82, 2.24) is 5.32 Å². The predicted molar refractivity (Wildman–Crippen MR) is 79.7 cm³/mol. The van der Waals surface area contributed by atoms with Gasteiger partial charge in [0.2, 0.25) is 0 Å². The van der Waals surface area contributed by atoms with Gasteiger partial charge in [0.25, 0.3) is 0 Å². The maximum absolute atomic E-state index is 5.82. The minimum Gasteiger partial charge on any atom is -0.359 e. The molecule has 1 rings (SSSR count).